The SMILES string of the molecule is CC[Si](C)(C)C[c-]1ccc2c1CCCC2.[Ti]. The first kappa shape index (κ1) is 14.3. The van der Waals surface area contributed by atoms with Gasteiger partial charge in [0, 0.05) is 29.8 Å². The molecule has 16 heavy (non-hydrogen) atoms. The Morgan fingerprint density at radius 2 is 1.94 bits per heavy atom. The summed E-state index contributed by atoms with van der Waals surface area (Å²) in [6.07, 6.45) is 5.51. The van der Waals surface area contributed by atoms with Crippen LogP contribution in [0.2, 0.25) is 19.1 Å². The van der Waals surface area contributed by atoms with Gasteiger partial charge in [0.2, 0.25) is 0 Å². The van der Waals surface area contributed by atoms with Crippen LogP contribution in [0, 0.1) is 0 Å². The Labute approximate surface area is 116 Å². The predicted molar refractivity (Wildman–Crippen MR) is 70.3 cm³/mol. The molecule has 0 saturated heterocycles. The van der Waals surface area contributed by atoms with Crippen LogP contribution in [0.4, 0.5) is 0 Å². The molecule has 2 rings (SSSR count). The van der Waals surface area contributed by atoms with Crippen molar-refractivity contribution in [1.82, 2.24) is 0 Å². The number of hydrogen-bond acceptors (Lipinski definition) is 0. The van der Waals surface area contributed by atoms with Crippen LogP contribution in [0.25, 0.3) is 0 Å². The van der Waals surface area contributed by atoms with Crippen molar-refractivity contribution in [2.45, 2.75) is 57.8 Å². The number of fused-ring (bicyclic) bond motifs is 1. The quantitative estimate of drug-likeness (QED) is 0.571. The molecule has 1 aromatic carbocycles. The van der Waals surface area contributed by atoms with E-state index in [9.17, 15) is 0 Å². The molecule has 0 radical (unpaired) electrons. The standard InChI is InChI=1S/C14H23Si.Ti/c1-4-15(2,3)11-13-10-9-12-7-5-6-8-14(12)13;/h9-10H,4-8,11H2,1-3H3;/q-1;. The molecule has 0 amide bonds. The van der Waals surface area contributed by atoms with Crippen LogP contribution in [-0.2, 0) is 40.6 Å². The maximum Gasteiger partial charge on any atom is 0.0400 e. The largest absolute Gasteiger partial charge is 0.210 e. The maximum atomic E-state index is 2.52. The molecule has 0 unspecified atom stereocenters. The van der Waals surface area contributed by atoms with Gasteiger partial charge in [-0.05, 0) is 0 Å². The van der Waals surface area contributed by atoms with E-state index >= 15 is 0 Å². The van der Waals surface area contributed by atoms with Crippen molar-refractivity contribution < 1.29 is 21.7 Å². The molecule has 0 fully saturated rings. The molecule has 0 nitrogen and oxygen atoms in total. The average molecular weight is 267 g/mol. The van der Waals surface area contributed by atoms with Crippen molar-refractivity contribution in [3.8, 4) is 0 Å². The molecule has 0 heterocycles. The van der Waals surface area contributed by atoms with Gasteiger partial charge in [0.1, 0.15) is 0 Å². The van der Waals surface area contributed by atoms with Crippen LogP contribution in [0.5, 0.6) is 0 Å². The molecule has 1 aliphatic carbocycles. The Kier molecular flexibility index (Phi) is 5.15. The molecule has 0 aromatic heterocycles. The Morgan fingerprint density at radius 3 is 2.62 bits per heavy atom. The van der Waals surface area contributed by atoms with E-state index in [0.717, 1.165) is 0 Å². The molecule has 0 aliphatic heterocycles. The normalized spacial score (nSPS) is 15.4. The first-order valence-corrected chi connectivity index (χ1v) is 9.80. The van der Waals surface area contributed by atoms with Crippen molar-refractivity contribution in [3.05, 3.63) is 28.8 Å². The van der Waals surface area contributed by atoms with Gasteiger partial charge in [-0.25, -0.2) is 6.07 Å². The molecular weight excluding hydrogens is 244 g/mol. The fourth-order valence-corrected chi connectivity index (χ4v) is 4.20. The molecule has 0 atom stereocenters. The van der Waals surface area contributed by atoms with Gasteiger partial charge in [0.25, 0.3) is 0 Å². The van der Waals surface area contributed by atoms with E-state index < -0.39 is 8.07 Å². The van der Waals surface area contributed by atoms with Gasteiger partial charge >= 0.3 is 0 Å². The number of hydrogen-bond donors (Lipinski definition) is 0. The molecule has 0 saturated carbocycles. The Balaban J connectivity index is 0.00000128. The van der Waals surface area contributed by atoms with Crippen LogP contribution in [-0.4, -0.2) is 8.07 Å². The van der Waals surface area contributed by atoms with Gasteiger partial charge < -0.3 is 0 Å². The predicted octanol–water partition coefficient (Wildman–Crippen LogP) is 4.09. The summed E-state index contributed by atoms with van der Waals surface area (Å²) >= 11 is 0. The third kappa shape index (κ3) is 3.15. The maximum absolute atomic E-state index is 2.52. The van der Waals surface area contributed by atoms with Gasteiger partial charge in [0.15, 0.2) is 0 Å². The third-order valence-electron chi connectivity index (χ3n) is 4.01. The Bertz CT molecular complexity index is 339. The van der Waals surface area contributed by atoms with Gasteiger partial charge in [-0.2, -0.15) is 22.8 Å². The molecule has 1 aromatic rings. The van der Waals surface area contributed by atoms with Gasteiger partial charge in [-0.1, -0.05) is 57.8 Å². The van der Waals surface area contributed by atoms with E-state index in [2.05, 4.69) is 32.2 Å². The Morgan fingerprint density at radius 1 is 1.25 bits per heavy atom. The van der Waals surface area contributed by atoms with E-state index in [0.29, 0.717) is 0 Å². The minimum absolute atomic E-state index is 0. The van der Waals surface area contributed by atoms with E-state index in [4.69, 9.17) is 0 Å². The third-order valence-corrected chi connectivity index (χ3v) is 7.26. The average Bonchev–Trinajstić information content (AvgIpc) is 2.62. The zero-order valence-electron chi connectivity index (χ0n) is 10.9. The smallest absolute Gasteiger partial charge is 0.0400 e. The topological polar surface area (TPSA) is 0 Å². The second-order valence-electron chi connectivity index (χ2n) is 5.76. The summed E-state index contributed by atoms with van der Waals surface area (Å²) in [5.74, 6) is 0. The summed E-state index contributed by atoms with van der Waals surface area (Å²) in [6.45, 7) is 7.41. The molecule has 1 aliphatic rings. The monoisotopic (exact) mass is 267 g/mol. The second-order valence-corrected chi connectivity index (χ2v) is 11.2. The van der Waals surface area contributed by atoms with Crippen molar-refractivity contribution in [1.29, 1.82) is 0 Å². The van der Waals surface area contributed by atoms with Gasteiger partial charge in [0.05, 0.1) is 0 Å². The molecule has 88 valence electrons. The van der Waals surface area contributed by atoms with Gasteiger partial charge in [-0.15, -0.1) is 0 Å². The fraction of sp³-hybridized carbons (Fsp3) is 0.643. The summed E-state index contributed by atoms with van der Waals surface area (Å²) in [6, 6.07) is 7.62. The fourth-order valence-electron chi connectivity index (χ4n) is 2.59. The van der Waals surface area contributed by atoms with Crippen molar-refractivity contribution in [2.24, 2.45) is 0 Å². The van der Waals surface area contributed by atoms with Crippen molar-refractivity contribution in [3.63, 3.8) is 0 Å². The van der Waals surface area contributed by atoms with Crippen LogP contribution < -0.4 is 0 Å². The van der Waals surface area contributed by atoms with E-state index in [1.807, 2.05) is 0 Å². The summed E-state index contributed by atoms with van der Waals surface area (Å²) in [4.78, 5) is 0. The zero-order valence-corrected chi connectivity index (χ0v) is 13.5. The van der Waals surface area contributed by atoms with Crippen molar-refractivity contribution >= 4 is 8.07 Å². The van der Waals surface area contributed by atoms with Crippen LogP contribution in [0.15, 0.2) is 12.1 Å². The zero-order chi connectivity index (χ0) is 10.9. The molecule has 0 N–H and O–H groups in total. The van der Waals surface area contributed by atoms with E-state index in [-0.39, 0.29) is 21.7 Å². The van der Waals surface area contributed by atoms with E-state index in [1.165, 1.54) is 37.8 Å². The summed E-state index contributed by atoms with van der Waals surface area (Å²) in [5.41, 5.74) is 5.09. The summed E-state index contributed by atoms with van der Waals surface area (Å²) < 4.78 is 0. The molecule has 0 spiro atoms. The second kappa shape index (κ2) is 5.75. The van der Waals surface area contributed by atoms with Crippen LogP contribution in [0.1, 0.15) is 36.5 Å². The van der Waals surface area contributed by atoms with E-state index in [1.54, 1.807) is 16.7 Å². The number of rotatable bonds is 3. The minimum Gasteiger partial charge on any atom is -0.210 e. The first-order chi connectivity index (χ1) is 7.12. The van der Waals surface area contributed by atoms with Crippen LogP contribution >= 0.6 is 0 Å². The van der Waals surface area contributed by atoms with Crippen LogP contribution in [0.3, 0.4) is 0 Å². The first-order valence-electron chi connectivity index (χ1n) is 6.39. The molecule has 2 heteroatoms. The number of aryl methyl sites for hydroxylation is 1. The Hall–Kier alpha value is 0.281. The minimum atomic E-state index is -0.941. The van der Waals surface area contributed by atoms with Crippen molar-refractivity contribution in [2.75, 3.05) is 0 Å². The van der Waals surface area contributed by atoms with Gasteiger partial charge in [-0.3, -0.25) is 0 Å². The summed E-state index contributed by atoms with van der Waals surface area (Å²) in [7, 11) is -0.941. The molecular formula is C14H23SiTi-. The summed E-state index contributed by atoms with van der Waals surface area (Å²) in [5, 5.41) is 0. The molecule has 0 bridgehead atoms.